The molecule has 20 heavy (non-hydrogen) atoms. The SMILES string of the molecule is OCc1c(-c2ccccc2)nn(-c2ncccn2)c1Cl. The van der Waals surface area contributed by atoms with Crippen LogP contribution in [0.3, 0.4) is 0 Å². The highest BCUT2D eigenvalue weighted by atomic mass is 35.5. The first kappa shape index (κ1) is 12.8. The molecule has 6 heteroatoms. The van der Waals surface area contributed by atoms with E-state index < -0.39 is 0 Å². The van der Waals surface area contributed by atoms with Crippen molar-refractivity contribution in [3.63, 3.8) is 0 Å². The Kier molecular flexibility index (Phi) is 3.45. The molecule has 0 radical (unpaired) electrons. The highest BCUT2D eigenvalue weighted by molar-refractivity contribution is 6.31. The van der Waals surface area contributed by atoms with Gasteiger partial charge in [0.05, 0.1) is 12.3 Å². The maximum atomic E-state index is 9.54. The van der Waals surface area contributed by atoms with Crippen molar-refractivity contribution in [2.24, 2.45) is 0 Å². The van der Waals surface area contributed by atoms with Crippen molar-refractivity contribution in [3.05, 3.63) is 59.5 Å². The molecule has 2 heterocycles. The van der Waals surface area contributed by atoms with Crippen molar-refractivity contribution in [2.45, 2.75) is 6.61 Å². The second-order valence-electron chi connectivity index (χ2n) is 4.10. The van der Waals surface area contributed by atoms with Crippen LogP contribution in [-0.4, -0.2) is 24.9 Å². The third kappa shape index (κ3) is 2.17. The van der Waals surface area contributed by atoms with E-state index in [1.54, 1.807) is 18.5 Å². The fourth-order valence-electron chi connectivity index (χ4n) is 1.93. The summed E-state index contributed by atoms with van der Waals surface area (Å²) in [5.74, 6) is 0.370. The van der Waals surface area contributed by atoms with Crippen molar-refractivity contribution in [3.8, 4) is 17.2 Å². The topological polar surface area (TPSA) is 63.8 Å². The highest BCUT2D eigenvalue weighted by Crippen LogP contribution is 2.29. The zero-order valence-electron chi connectivity index (χ0n) is 10.4. The van der Waals surface area contributed by atoms with Crippen LogP contribution in [0.25, 0.3) is 17.2 Å². The van der Waals surface area contributed by atoms with Crippen LogP contribution in [0.2, 0.25) is 5.15 Å². The molecule has 3 rings (SSSR count). The van der Waals surface area contributed by atoms with Gasteiger partial charge in [0.2, 0.25) is 0 Å². The molecule has 0 aliphatic carbocycles. The van der Waals surface area contributed by atoms with Crippen molar-refractivity contribution in [1.82, 2.24) is 19.7 Å². The van der Waals surface area contributed by atoms with Crippen LogP contribution in [0.1, 0.15) is 5.56 Å². The van der Waals surface area contributed by atoms with Gasteiger partial charge in [-0.3, -0.25) is 0 Å². The third-order valence-electron chi connectivity index (χ3n) is 2.87. The molecule has 5 nitrogen and oxygen atoms in total. The first-order chi connectivity index (χ1) is 9.81. The van der Waals surface area contributed by atoms with Gasteiger partial charge in [-0.1, -0.05) is 41.9 Å². The van der Waals surface area contributed by atoms with Crippen LogP contribution in [0.15, 0.2) is 48.8 Å². The summed E-state index contributed by atoms with van der Waals surface area (Å²) in [5.41, 5.74) is 2.07. The van der Waals surface area contributed by atoms with Gasteiger partial charge in [-0.15, -0.1) is 0 Å². The lowest BCUT2D eigenvalue weighted by Crippen LogP contribution is -2.02. The Balaban J connectivity index is 2.18. The second kappa shape index (κ2) is 5.40. The monoisotopic (exact) mass is 286 g/mol. The third-order valence-corrected chi connectivity index (χ3v) is 3.26. The van der Waals surface area contributed by atoms with Gasteiger partial charge in [0, 0.05) is 23.5 Å². The van der Waals surface area contributed by atoms with E-state index in [1.807, 2.05) is 30.3 Å². The van der Waals surface area contributed by atoms with Crippen LogP contribution in [-0.2, 0) is 6.61 Å². The molecule has 0 aliphatic rings. The number of aromatic nitrogens is 4. The van der Waals surface area contributed by atoms with E-state index in [1.165, 1.54) is 4.68 Å². The molecule has 0 fully saturated rings. The molecule has 0 aliphatic heterocycles. The summed E-state index contributed by atoms with van der Waals surface area (Å²) in [5, 5.41) is 14.3. The Morgan fingerprint density at radius 3 is 2.40 bits per heavy atom. The first-order valence-electron chi connectivity index (χ1n) is 6.02. The Hall–Kier alpha value is -2.24. The van der Waals surface area contributed by atoms with E-state index in [4.69, 9.17) is 11.6 Å². The van der Waals surface area contributed by atoms with Crippen molar-refractivity contribution >= 4 is 11.6 Å². The average molecular weight is 287 g/mol. The van der Waals surface area contributed by atoms with E-state index in [0.717, 1.165) is 5.56 Å². The van der Waals surface area contributed by atoms with Crippen LogP contribution in [0, 0.1) is 0 Å². The largest absolute Gasteiger partial charge is 0.391 e. The van der Waals surface area contributed by atoms with Gasteiger partial charge in [0.25, 0.3) is 5.95 Å². The fraction of sp³-hybridized carbons (Fsp3) is 0.0714. The quantitative estimate of drug-likeness (QED) is 0.803. The van der Waals surface area contributed by atoms with Gasteiger partial charge in [0.1, 0.15) is 5.15 Å². The number of hydrogen-bond acceptors (Lipinski definition) is 4. The molecule has 0 atom stereocenters. The lowest BCUT2D eigenvalue weighted by atomic mass is 10.1. The van der Waals surface area contributed by atoms with Crippen LogP contribution >= 0.6 is 11.6 Å². The number of halogens is 1. The van der Waals surface area contributed by atoms with E-state index in [0.29, 0.717) is 22.4 Å². The molecular weight excluding hydrogens is 276 g/mol. The summed E-state index contributed by atoms with van der Waals surface area (Å²) in [6, 6.07) is 11.3. The lowest BCUT2D eigenvalue weighted by molar-refractivity contribution is 0.282. The van der Waals surface area contributed by atoms with Gasteiger partial charge < -0.3 is 5.11 Å². The predicted octanol–water partition coefficient (Wildman–Crippen LogP) is 2.48. The number of aliphatic hydroxyl groups is 1. The summed E-state index contributed by atoms with van der Waals surface area (Å²) in [4.78, 5) is 8.23. The Morgan fingerprint density at radius 1 is 1.05 bits per heavy atom. The molecule has 1 N–H and O–H groups in total. The molecular formula is C14H11ClN4O. The zero-order valence-corrected chi connectivity index (χ0v) is 11.2. The predicted molar refractivity (Wildman–Crippen MR) is 75.5 cm³/mol. The number of aliphatic hydroxyl groups excluding tert-OH is 1. The van der Waals surface area contributed by atoms with Gasteiger partial charge in [0.15, 0.2) is 0 Å². The molecule has 2 aromatic heterocycles. The minimum absolute atomic E-state index is 0.199. The van der Waals surface area contributed by atoms with Crippen LogP contribution in [0.5, 0.6) is 0 Å². The Morgan fingerprint density at radius 2 is 1.75 bits per heavy atom. The molecule has 0 unspecified atom stereocenters. The molecule has 0 saturated carbocycles. The molecule has 0 spiro atoms. The average Bonchev–Trinajstić information content (AvgIpc) is 2.86. The standard InChI is InChI=1S/C14H11ClN4O/c15-13-11(9-20)12(10-5-2-1-3-6-10)18-19(13)14-16-7-4-8-17-14/h1-8,20H,9H2. The van der Waals surface area contributed by atoms with E-state index >= 15 is 0 Å². The minimum atomic E-state index is -0.199. The lowest BCUT2D eigenvalue weighted by Gasteiger charge is -1.99. The fourth-order valence-corrected chi connectivity index (χ4v) is 2.19. The number of nitrogens with zero attached hydrogens (tertiary/aromatic N) is 4. The van der Waals surface area contributed by atoms with Crippen LogP contribution < -0.4 is 0 Å². The van der Waals surface area contributed by atoms with Gasteiger partial charge >= 0.3 is 0 Å². The molecule has 0 amide bonds. The van der Waals surface area contributed by atoms with E-state index in [2.05, 4.69) is 15.1 Å². The van der Waals surface area contributed by atoms with Gasteiger partial charge in [-0.25, -0.2) is 9.97 Å². The molecule has 0 bridgehead atoms. The number of rotatable bonds is 3. The number of hydrogen-bond donors (Lipinski definition) is 1. The normalized spacial score (nSPS) is 10.7. The highest BCUT2D eigenvalue weighted by Gasteiger charge is 2.18. The molecule has 100 valence electrons. The summed E-state index contributed by atoms with van der Waals surface area (Å²) in [7, 11) is 0. The van der Waals surface area contributed by atoms with Crippen molar-refractivity contribution in [1.29, 1.82) is 0 Å². The van der Waals surface area contributed by atoms with E-state index in [-0.39, 0.29) is 6.61 Å². The molecule has 1 aromatic carbocycles. The minimum Gasteiger partial charge on any atom is -0.391 e. The van der Waals surface area contributed by atoms with Gasteiger partial charge in [-0.2, -0.15) is 9.78 Å². The molecule has 3 aromatic rings. The van der Waals surface area contributed by atoms with Crippen molar-refractivity contribution in [2.75, 3.05) is 0 Å². The first-order valence-corrected chi connectivity index (χ1v) is 6.40. The summed E-state index contributed by atoms with van der Waals surface area (Å²) in [6.45, 7) is -0.199. The Bertz CT molecular complexity index is 713. The molecule has 0 saturated heterocycles. The second-order valence-corrected chi connectivity index (χ2v) is 4.46. The maximum absolute atomic E-state index is 9.54. The van der Waals surface area contributed by atoms with E-state index in [9.17, 15) is 5.11 Å². The Labute approximate surface area is 120 Å². The van der Waals surface area contributed by atoms with Crippen molar-refractivity contribution < 1.29 is 5.11 Å². The smallest absolute Gasteiger partial charge is 0.251 e. The zero-order chi connectivity index (χ0) is 13.9. The summed E-state index contributed by atoms with van der Waals surface area (Å²) in [6.07, 6.45) is 3.22. The van der Waals surface area contributed by atoms with Crippen LogP contribution in [0.4, 0.5) is 0 Å². The summed E-state index contributed by atoms with van der Waals surface area (Å²) >= 11 is 6.27. The maximum Gasteiger partial charge on any atom is 0.251 e. The number of benzene rings is 1. The van der Waals surface area contributed by atoms with Gasteiger partial charge in [-0.05, 0) is 6.07 Å². The summed E-state index contributed by atoms with van der Waals surface area (Å²) < 4.78 is 1.43.